The van der Waals surface area contributed by atoms with Crippen LogP contribution < -0.4 is 5.73 Å². The van der Waals surface area contributed by atoms with Crippen LogP contribution in [0.2, 0.25) is 0 Å². The SMILES string of the molecule is Nc1ccc(C(=O)O)c(C(=O)O)c1.[Zn].c1ccc2ncccc2c1.c1ccc2ncccc2c1. The van der Waals surface area contributed by atoms with Gasteiger partial charge in [0.15, 0.2) is 0 Å². The first-order chi connectivity index (χ1) is 16.0. The summed E-state index contributed by atoms with van der Waals surface area (Å²) in [5.74, 6) is -2.58. The molecule has 2 aromatic heterocycles. The molecule has 5 aromatic rings. The number of nitrogens with two attached hydrogens (primary N) is 1. The van der Waals surface area contributed by atoms with Gasteiger partial charge in [-0.25, -0.2) is 9.59 Å². The van der Waals surface area contributed by atoms with E-state index >= 15 is 0 Å². The van der Waals surface area contributed by atoms with E-state index in [1.165, 1.54) is 22.9 Å². The molecule has 0 bridgehead atoms. The number of aromatic carboxylic acids is 2. The minimum absolute atomic E-state index is 0. The summed E-state index contributed by atoms with van der Waals surface area (Å²) in [6.07, 6.45) is 3.62. The van der Waals surface area contributed by atoms with Crippen LogP contribution in [-0.2, 0) is 19.5 Å². The van der Waals surface area contributed by atoms with Crippen molar-refractivity contribution >= 4 is 39.4 Å². The van der Waals surface area contributed by atoms with Gasteiger partial charge in [-0.3, -0.25) is 9.97 Å². The average molecular weight is 505 g/mol. The number of para-hydroxylation sites is 2. The molecule has 0 spiro atoms. The Kier molecular flexibility index (Phi) is 9.80. The van der Waals surface area contributed by atoms with Crippen LogP contribution in [0, 0.1) is 0 Å². The molecule has 0 saturated heterocycles. The number of rotatable bonds is 2. The predicted octanol–water partition coefficient (Wildman–Crippen LogP) is 5.13. The molecule has 5 rings (SSSR count). The largest absolute Gasteiger partial charge is 0.478 e. The van der Waals surface area contributed by atoms with Gasteiger partial charge in [0.2, 0.25) is 0 Å². The third kappa shape index (κ3) is 7.18. The first-order valence-corrected chi connectivity index (χ1v) is 9.91. The van der Waals surface area contributed by atoms with Crippen LogP contribution in [0.1, 0.15) is 20.7 Å². The fourth-order valence-electron chi connectivity index (χ4n) is 2.96. The zero-order valence-electron chi connectivity index (χ0n) is 18.2. The molecular weight excluding hydrogens is 484 g/mol. The molecule has 0 atom stereocenters. The smallest absolute Gasteiger partial charge is 0.336 e. The van der Waals surface area contributed by atoms with E-state index in [1.807, 2.05) is 60.9 Å². The molecule has 7 nitrogen and oxygen atoms in total. The van der Waals surface area contributed by atoms with Crippen molar-refractivity contribution in [1.29, 1.82) is 0 Å². The Balaban J connectivity index is 0.000000179. The van der Waals surface area contributed by atoms with Crippen molar-refractivity contribution in [2.24, 2.45) is 0 Å². The number of nitrogen functional groups attached to an aromatic ring is 1. The Morgan fingerprint density at radius 1 is 0.618 bits per heavy atom. The minimum Gasteiger partial charge on any atom is -0.478 e. The first kappa shape index (κ1) is 26.1. The second kappa shape index (κ2) is 12.8. The van der Waals surface area contributed by atoms with Crippen LogP contribution in [0.4, 0.5) is 5.69 Å². The van der Waals surface area contributed by atoms with Crippen molar-refractivity contribution in [3.8, 4) is 0 Å². The normalized spacial score (nSPS) is 9.53. The van der Waals surface area contributed by atoms with Gasteiger partial charge in [0.05, 0.1) is 22.2 Å². The van der Waals surface area contributed by atoms with Crippen LogP contribution in [-0.4, -0.2) is 32.1 Å². The first-order valence-electron chi connectivity index (χ1n) is 9.91. The van der Waals surface area contributed by atoms with E-state index < -0.39 is 11.9 Å². The molecule has 166 valence electrons. The number of hydrogen-bond donors (Lipinski definition) is 3. The standard InChI is InChI=1S/2C9H7N.C8H7NO4.Zn/c2*1-2-6-9-8(4-1)5-3-7-10-9;9-4-1-2-5(7(10)11)6(3-4)8(12)13;/h2*1-7H;1-3H,9H2,(H,10,11)(H,12,13);. The van der Waals surface area contributed by atoms with Crippen LogP contribution in [0.15, 0.2) is 103 Å². The van der Waals surface area contributed by atoms with Gasteiger partial charge in [-0.15, -0.1) is 0 Å². The van der Waals surface area contributed by atoms with Crippen molar-refractivity contribution in [2.45, 2.75) is 0 Å². The van der Waals surface area contributed by atoms with Crippen molar-refractivity contribution in [3.63, 3.8) is 0 Å². The number of fused-ring (bicyclic) bond motifs is 2. The zero-order chi connectivity index (χ0) is 23.6. The molecule has 0 radical (unpaired) electrons. The van der Waals surface area contributed by atoms with Gasteiger partial charge in [-0.1, -0.05) is 48.5 Å². The van der Waals surface area contributed by atoms with E-state index in [2.05, 4.69) is 34.2 Å². The van der Waals surface area contributed by atoms with E-state index in [0.717, 1.165) is 17.1 Å². The number of carboxylic acids is 2. The van der Waals surface area contributed by atoms with Crippen molar-refractivity contribution < 1.29 is 39.3 Å². The van der Waals surface area contributed by atoms with Crippen LogP contribution >= 0.6 is 0 Å². The molecule has 2 heterocycles. The maximum absolute atomic E-state index is 10.6. The summed E-state index contributed by atoms with van der Waals surface area (Å²) in [5.41, 5.74) is 7.09. The fraction of sp³-hybridized carbons (Fsp3) is 0. The maximum atomic E-state index is 10.6. The second-order valence-corrected chi connectivity index (χ2v) is 6.81. The molecule has 0 unspecified atom stereocenters. The topological polar surface area (TPSA) is 126 Å². The molecule has 34 heavy (non-hydrogen) atoms. The van der Waals surface area contributed by atoms with E-state index in [0.29, 0.717) is 0 Å². The van der Waals surface area contributed by atoms with E-state index in [4.69, 9.17) is 15.9 Å². The van der Waals surface area contributed by atoms with Crippen molar-refractivity contribution in [3.05, 3.63) is 115 Å². The van der Waals surface area contributed by atoms with E-state index in [1.54, 1.807) is 0 Å². The minimum atomic E-state index is -1.30. The van der Waals surface area contributed by atoms with Crippen molar-refractivity contribution in [1.82, 2.24) is 9.97 Å². The fourth-order valence-corrected chi connectivity index (χ4v) is 2.96. The molecule has 0 aliphatic heterocycles. The number of carbonyl (C=O) groups is 2. The van der Waals surface area contributed by atoms with E-state index in [9.17, 15) is 9.59 Å². The summed E-state index contributed by atoms with van der Waals surface area (Å²) in [5, 5.41) is 19.6. The average Bonchev–Trinajstić information content (AvgIpc) is 2.85. The summed E-state index contributed by atoms with van der Waals surface area (Å²) < 4.78 is 0. The van der Waals surface area contributed by atoms with Gasteiger partial charge < -0.3 is 15.9 Å². The number of nitrogens with zero attached hydrogens (tertiary/aromatic N) is 2. The Morgan fingerprint density at radius 3 is 1.50 bits per heavy atom. The Bertz CT molecular complexity index is 1210. The molecule has 0 amide bonds. The molecule has 0 fully saturated rings. The number of hydrogen-bond acceptors (Lipinski definition) is 5. The van der Waals surface area contributed by atoms with Gasteiger partial charge in [-0.2, -0.15) is 0 Å². The number of anilines is 1. The van der Waals surface area contributed by atoms with Gasteiger partial charge in [0.25, 0.3) is 0 Å². The Labute approximate surface area is 208 Å². The van der Waals surface area contributed by atoms with Gasteiger partial charge in [0.1, 0.15) is 0 Å². The molecule has 0 aliphatic rings. The quantitative estimate of drug-likeness (QED) is 0.224. The summed E-state index contributed by atoms with van der Waals surface area (Å²) >= 11 is 0. The third-order valence-corrected chi connectivity index (χ3v) is 4.53. The van der Waals surface area contributed by atoms with Crippen LogP contribution in [0.5, 0.6) is 0 Å². The molecule has 3 aromatic carbocycles. The number of carboxylic acid groups (broad SMARTS) is 2. The van der Waals surface area contributed by atoms with Crippen LogP contribution in [0.3, 0.4) is 0 Å². The number of benzene rings is 3. The van der Waals surface area contributed by atoms with Gasteiger partial charge in [0, 0.05) is 48.3 Å². The summed E-state index contributed by atoms with van der Waals surface area (Å²) in [4.78, 5) is 29.5. The van der Waals surface area contributed by atoms with Crippen molar-refractivity contribution in [2.75, 3.05) is 5.73 Å². The Hall–Kier alpha value is -4.16. The third-order valence-electron chi connectivity index (χ3n) is 4.53. The van der Waals surface area contributed by atoms with Gasteiger partial charge >= 0.3 is 11.9 Å². The monoisotopic (exact) mass is 503 g/mol. The summed E-state index contributed by atoms with van der Waals surface area (Å²) in [7, 11) is 0. The van der Waals surface area contributed by atoms with E-state index in [-0.39, 0.29) is 36.3 Å². The maximum Gasteiger partial charge on any atom is 0.336 e. The molecule has 8 heteroatoms. The summed E-state index contributed by atoms with van der Waals surface area (Å²) in [6.45, 7) is 0. The molecule has 0 saturated carbocycles. The zero-order valence-corrected chi connectivity index (χ0v) is 21.2. The summed E-state index contributed by atoms with van der Waals surface area (Å²) in [6, 6.07) is 27.8. The molecule has 0 aliphatic carbocycles. The molecule has 4 N–H and O–H groups in total. The van der Waals surface area contributed by atoms with Gasteiger partial charge in [-0.05, 0) is 42.5 Å². The second-order valence-electron chi connectivity index (χ2n) is 6.81. The van der Waals surface area contributed by atoms with Crippen LogP contribution in [0.25, 0.3) is 21.8 Å². The predicted molar refractivity (Wildman–Crippen MR) is 128 cm³/mol. The Morgan fingerprint density at radius 2 is 1.06 bits per heavy atom. The molecular formula is C26H21N3O4Zn. The number of pyridine rings is 2. The number of aromatic nitrogens is 2.